The van der Waals surface area contributed by atoms with Gasteiger partial charge in [-0.15, -0.1) is 0 Å². The monoisotopic (exact) mass is 254 g/mol. The number of nitrogens with one attached hydrogen (secondary N) is 3. The lowest BCUT2D eigenvalue weighted by Crippen LogP contribution is -2.48. The number of rotatable bonds is 6. The lowest BCUT2D eigenvalue weighted by Gasteiger charge is -2.20. The van der Waals surface area contributed by atoms with Gasteiger partial charge in [-0.25, -0.2) is 9.59 Å². The number of nitrogens with zero attached hydrogens (tertiary/aromatic N) is 1. The maximum atomic E-state index is 11.6. The van der Waals surface area contributed by atoms with Crippen molar-refractivity contribution in [1.82, 2.24) is 20.8 Å². The Morgan fingerprint density at radius 3 is 2.78 bits per heavy atom. The molecule has 0 aliphatic rings. The number of carboxylic acids is 1. The van der Waals surface area contributed by atoms with E-state index < -0.39 is 18.0 Å². The predicted octanol–water partition coefficient (Wildman–Crippen LogP) is 0.708. The number of carboxylic acid groups (broad SMARTS) is 1. The fourth-order valence-electron chi connectivity index (χ4n) is 1.43. The highest BCUT2D eigenvalue weighted by molar-refractivity contribution is 5.82. The summed E-state index contributed by atoms with van der Waals surface area (Å²) >= 11 is 0. The Labute approximate surface area is 105 Å². The molecule has 0 aliphatic carbocycles. The molecule has 0 saturated carbocycles. The quantitative estimate of drug-likeness (QED) is 0.599. The predicted molar refractivity (Wildman–Crippen MR) is 64.8 cm³/mol. The Morgan fingerprint density at radius 1 is 1.56 bits per heavy atom. The number of hydrogen-bond donors (Lipinski definition) is 4. The molecule has 1 aromatic rings. The molecule has 1 heterocycles. The van der Waals surface area contributed by atoms with Gasteiger partial charge in [-0.2, -0.15) is 5.10 Å². The van der Waals surface area contributed by atoms with Crippen LogP contribution >= 0.6 is 0 Å². The average Bonchev–Trinajstić information content (AvgIpc) is 2.85. The fraction of sp³-hybridized carbons (Fsp3) is 0.545. The van der Waals surface area contributed by atoms with Crippen LogP contribution in [0.1, 0.15) is 25.8 Å². The Kier molecular flexibility index (Phi) is 5.16. The minimum atomic E-state index is -1.03. The van der Waals surface area contributed by atoms with Crippen LogP contribution in [0.2, 0.25) is 0 Å². The van der Waals surface area contributed by atoms with Crippen molar-refractivity contribution in [2.75, 3.05) is 0 Å². The molecule has 2 unspecified atom stereocenters. The van der Waals surface area contributed by atoms with Gasteiger partial charge in [0, 0.05) is 18.3 Å². The first kappa shape index (κ1) is 14.0. The first-order valence-electron chi connectivity index (χ1n) is 5.79. The van der Waals surface area contributed by atoms with Gasteiger partial charge in [0.05, 0.1) is 6.20 Å². The number of hydrogen-bond acceptors (Lipinski definition) is 3. The maximum absolute atomic E-state index is 11.6. The van der Waals surface area contributed by atoms with E-state index in [1.807, 2.05) is 6.92 Å². The second-order valence-corrected chi connectivity index (χ2v) is 4.14. The van der Waals surface area contributed by atoms with Gasteiger partial charge in [0.25, 0.3) is 0 Å². The number of aromatic nitrogens is 2. The summed E-state index contributed by atoms with van der Waals surface area (Å²) in [6, 6.07) is -1.37. The standard InChI is InChI=1S/C11H18N4O3/c1-3-7(2)9(10(16)17)15-11(18)12-4-8-5-13-14-6-8/h5-7,9H,3-4H2,1-2H3,(H,13,14)(H,16,17)(H2,12,15,18). The third kappa shape index (κ3) is 4.08. The Balaban J connectivity index is 2.44. The van der Waals surface area contributed by atoms with Crippen molar-refractivity contribution >= 4 is 12.0 Å². The van der Waals surface area contributed by atoms with Gasteiger partial charge < -0.3 is 15.7 Å². The number of aromatic amines is 1. The lowest BCUT2D eigenvalue weighted by molar-refractivity contribution is -0.140. The molecule has 100 valence electrons. The molecule has 1 aromatic heterocycles. The van der Waals surface area contributed by atoms with Crippen LogP contribution in [0.15, 0.2) is 12.4 Å². The van der Waals surface area contributed by atoms with Crippen LogP contribution in [0.25, 0.3) is 0 Å². The Hall–Kier alpha value is -2.05. The van der Waals surface area contributed by atoms with Crippen molar-refractivity contribution in [2.24, 2.45) is 5.92 Å². The third-order valence-electron chi connectivity index (χ3n) is 2.77. The van der Waals surface area contributed by atoms with E-state index in [2.05, 4.69) is 20.8 Å². The summed E-state index contributed by atoms with van der Waals surface area (Å²) in [7, 11) is 0. The summed E-state index contributed by atoms with van der Waals surface area (Å²) in [5, 5.41) is 20.4. The first-order valence-corrected chi connectivity index (χ1v) is 5.79. The van der Waals surface area contributed by atoms with Crippen LogP contribution in [0.4, 0.5) is 4.79 Å². The zero-order valence-electron chi connectivity index (χ0n) is 10.4. The second kappa shape index (κ2) is 6.63. The molecule has 2 amide bonds. The van der Waals surface area contributed by atoms with Gasteiger partial charge in [-0.3, -0.25) is 5.10 Å². The molecule has 0 radical (unpaired) electrons. The summed E-state index contributed by atoms with van der Waals surface area (Å²) in [6.45, 7) is 3.97. The summed E-state index contributed by atoms with van der Waals surface area (Å²) in [4.78, 5) is 22.6. The Bertz CT molecular complexity index is 391. The summed E-state index contributed by atoms with van der Waals surface area (Å²) in [5.74, 6) is -1.15. The van der Waals surface area contributed by atoms with E-state index in [4.69, 9.17) is 5.11 Å². The van der Waals surface area contributed by atoms with E-state index in [-0.39, 0.29) is 5.92 Å². The molecule has 1 rings (SSSR count). The molecule has 0 aromatic carbocycles. The highest BCUT2D eigenvalue weighted by Gasteiger charge is 2.24. The van der Waals surface area contributed by atoms with E-state index in [1.54, 1.807) is 19.3 Å². The molecule has 7 nitrogen and oxygen atoms in total. The molecule has 0 bridgehead atoms. The van der Waals surface area contributed by atoms with Gasteiger partial charge in [-0.05, 0) is 5.92 Å². The van der Waals surface area contributed by atoms with E-state index in [1.165, 1.54) is 0 Å². The number of H-pyrrole nitrogens is 1. The smallest absolute Gasteiger partial charge is 0.326 e. The molecule has 2 atom stereocenters. The van der Waals surface area contributed by atoms with Crippen LogP contribution in [0.3, 0.4) is 0 Å². The van der Waals surface area contributed by atoms with Gasteiger partial charge in [0.15, 0.2) is 0 Å². The summed E-state index contributed by atoms with van der Waals surface area (Å²) in [5.41, 5.74) is 0.820. The lowest BCUT2D eigenvalue weighted by atomic mass is 9.99. The van der Waals surface area contributed by atoms with Crippen molar-refractivity contribution in [3.05, 3.63) is 18.0 Å². The largest absolute Gasteiger partial charge is 0.480 e. The molecule has 0 fully saturated rings. The number of amides is 2. The van der Waals surface area contributed by atoms with Crippen molar-refractivity contribution in [2.45, 2.75) is 32.9 Å². The summed E-state index contributed by atoms with van der Waals surface area (Å²) < 4.78 is 0. The van der Waals surface area contributed by atoms with E-state index in [9.17, 15) is 9.59 Å². The van der Waals surface area contributed by atoms with Crippen LogP contribution in [-0.4, -0.2) is 33.3 Å². The fourth-order valence-corrected chi connectivity index (χ4v) is 1.43. The van der Waals surface area contributed by atoms with Crippen molar-refractivity contribution < 1.29 is 14.7 Å². The van der Waals surface area contributed by atoms with Crippen LogP contribution in [-0.2, 0) is 11.3 Å². The molecular formula is C11H18N4O3. The molecule has 0 saturated heterocycles. The van der Waals surface area contributed by atoms with Gasteiger partial charge in [-0.1, -0.05) is 20.3 Å². The van der Waals surface area contributed by atoms with Crippen molar-refractivity contribution in [3.63, 3.8) is 0 Å². The van der Waals surface area contributed by atoms with Gasteiger partial charge in [0.1, 0.15) is 6.04 Å². The van der Waals surface area contributed by atoms with Crippen LogP contribution < -0.4 is 10.6 Å². The minimum Gasteiger partial charge on any atom is -0.480 e. The summed E-state index contributed by atoms with van der Waals surface area (Å²) in [6.07, 6.45) is 3.92. The highest BCUT2D eigenvalue weighted by atomic mass is 16.4. The molecule has 7 heteroatoms. The van der Waals surface area contributed by atoms with E-state index in [0.29, 0.717) is 13.0 Å². The van der Waals surface area contributed by atoms with E-state index in [0.717, 1.165) is 5.56 Å². The SMILES string of the molecule is CCC(C)C(NC(=O)NCc1cn[nH]c1)C(=O)O. The van der Waals surface area contributed by atoms with Crippen LogP contribution in [0.5, 0.6) is 0 Å². The number of aliphatic carboxylic acids is 1. The van der Waals surface area contributed by atoms with Crippen molar-refractivity contribution in [3.8, 4) is 0 Å². The third-order valence-corrected chi connectivity index (χ3v) is 2.77. The maximum Gasteiger partial charge on any atom is 0.326 e. The second-order valence-electron chi connectivity index (χ2n) is 4.14. The van der Waals surface area contributed by atoms with Crippen molar-refractivity contribution in [1.29, 1.82) is 0 Å². The normalized spacial score (nSPS) is 13.7. The van der Waals surface area contributed by atoms with Crippen LogP contribution in [0, 0.1) is 5.92 Å². The zero-order valence-corrected chi connectivity index (χ0v) is 10.4. The van der Waals surface area contributed by atoms with Gasteiger partial charge in [0.2, 0.25) is 0 Å². The minimum absolute atomic E-state index is 0.123. The number of carbonyl (C=O) groups is 2. The topological polar surface area (TPSA) is 107 Å². The molecule has 0 spiro atoms. The number of urea groups is 1. The molecular weight excluding hydrogens is 236 g/mol. The zero-order chi connectivity index (χ0) is 13.5. The highest BCUT2D eigenvalue weighted by Crippen LogP contribution is 2.07. The molecule has 0 aliphatic heterocycles. The average molecular weight is 254 g/mol. The molecule has 18 heavy (non-hydrogen) atoms. The van der Waals surface area contributed by atoms with Gasteiger partial charge >= 0.3 is 12.0 Å². The number of carbonyl (C=O) groups excluding carboxylic acids is 1. The van der Waals surface area contributed by atoms with E-state index >= 15 is 0 Å². The first-order chi connectivity index (χ1) is 8.54. The Morgan fingerprint density at radius 2 is 2.28 bits per heavy atom. The molecule has 4 N–H and O–H groups in total.